The van der Waals surface area contributed by atoms with E-state index in [1.165, 1.54) is 22.5 Å². The van der Waals surface area contributed by atoms with Crippen LogP contribution in [0.15, 0.2) is 48.7 Å². The van der Waals surface area contributed by atoms with Crippen molar-refractivity contribution in [3.8, 4) is 0 Å². The molecule has 0 unspecified atom stereocenters. The molecule has 0 N–H and O–H groups in total. The molecule has 2 aromatic heterocycles. The van der Waals surface area contributed by atoms with Gasteiger partial charge in [0.2, 0.25) is 0 Å². The van der Waals surface area contributed by atoms with Gasteiger partial charge < -0.3 is 4.57 Å². The lowest BCUT2D eigenvalue weighted by atomic mass is 9.99. The second kappa shape index (κ2) is 5.95. The molecular weight excluding hydrogens is 296 g/mol. The summed E-state index contributed by atoms with van der Waals surface area (Å²) in [4.78, 5) is 2.58. The Balaban J connectivity index is 1.74. The summed E-state index contributed by atoms with van der Waals surface area (Å²) >= 11 is 0. The average molecular weight is 320 g/mol. The Hall–Kier alpha value is -2.33. The predicted octanol–water partition coefficient (Wildman–Crippen LogP) is 3.44. The van der Waals surface area contributed by atoms with Gasteiger partial charge in [-0.05, 0) is 31.5 Å². The average Bonchev–Trinajstić information content (AvgIpc) is 3.15. The van der Waals surface area contributed by atoms with Crippen molar-refractivity contribution in [2.24, 2.45) is 7.05 Å². The number of aryl methyl sites for hydroxylation is 2. The second-order valence-electron chi connectivity index (χ2n) is 6.68. The summed E-state index contributed by atoms with van der Waals surface area (Å²) in [6.07, 6.45) is 2.20. The van der Waals surface area contributed by atoms with Crippen LogP contribution in [0.4, 0.5) is 0 Å². The summed E-state index contributed by atoms with van der Waals surface area (Å²) < 4.78 is 4.38. The number of nitrogens with zero attached hydrogens (tertiary/aromatic N) is 4. The molecule has 0 spiro atoms. The van der Waals surface area contributed by atoms with Gasteiger partial charge in [0.15, 0.2) is 0 Å². The van der Waals surface area contributed by atoms with Crippen LogP contribution in [0, 0.1) is 13.8 Å². The van der Waals surface area contributed by atoms with E-state index in [2.05, 4.69) is 77.1 Å². The molecule has 3 heterocycles. The first-order chi connectivity index (χ1) is 11.6. The molecular formula is C20H24N4. The highest BCUT2D eigenvalue weighted by Crippen LogP contribution is 2.34. The first kappa shape index (κ1) is 15.2. The van der Waals surface area contributed by atoms with E-state index in [4.69, 9.17) is 0 Å². The minimum absolute atomic E-state index is 0.300. The van der Waals surface area contributed by atoms with E-state index in [-0.39, 0.29) is 0 Å². The third-order valence-corrected chi connectivity index (χ3v) is 5.27. The summed E-state index contributed by atoms with van der Waals surface area (Å²) in [7, 11) is 2.03. The summed E-state index contributed by atoms with van der Waals surface area (Å²) in [5, 5.41) is 4.59. The summed E-state index contributed by atoms with van der Waals surface area (Å²) in [5.41, 5.74) is 6.50. The lowest BCUT2D eigenvalue weighted by Gasteiger charge is -2.37. The summed E-state index contributed by atoms with van der Waals surface area (Å²) in [6.45, 7) is 7.32. The molecule has 24 heavy (non-hydrogen) atoms. The van der Waals surface area contributed by atoms with E-state index in [0.29, 0.717) is 6.04 Å². The maximum absolute atomic E-state index is 4.59. The van der Waals surface area contributed by atoms with Crippen molar-refractivity contribution in [1.29, 1.82) is 0 Å². The van der Waals surface area contributed by atoms with Crippen molar-refractivity contribution in [3.63, 3.8) is 0 Å². The fourth-order valence-electron chi connectivity index (χ4n) is 3.87. The second-order valence-corrected chi connectivity index (χ2v) is 6.68. The highest BCUT2D eigenvalue weighted by molar-refractivity contribution is 5.32. The number of hydrogen-bond acceptors (Lipinski definition) is 2. The van der Waals surface area contributed by atoms with Crippen LogP contribution in [-0.2, 0) is 20.1 Å². The van der Waals surface area contributed by atoms with Gasteiger partial charge in [0.1, 0.15) is 0 Å². The van der Waals surface area contributed by atoms with Gasteiger partial charge in [0.25, 0.3) is 0 Å². The van der Waals surface area contributed by atoms with Gasteiger partial charge in [-0.15, -0.1) is 0 Å². The lowest BCUT2D eigenvalue weighted by molar-refractivity contribution is 0.174. The largest absolute Gasteiger partial charge is 0.348 e. The SMILES string of the molecule is Cc1nn(C)c(C)c1CN1CCn2cccc2[C@H]1c1ccccc1. The lowest BCUT2D eigenvalue weighted by Crippen LogP contribution is -2.38. The maximum atomic E-state index is 4.59. The minimum atomic E-state index is 0.300. The van der Waals surface area contributed by atoms with Crippen molar-refractivity contribution in [1.82, 2.24) is 19.2 Å². The number of fused-ring (bicyclic) bond motifs is 1. The molecule has 0 fully saturated rings. The van der Waals surface area contributed by atoms with E-state index >= 15 is 0 Å². The predicted molar refractivity (Wildman–Crippen MR) is 95.8 cm³/mol. The van der Waals surface area contributed by atoms with E-state index in [0.717, 1.165) is 25.3 Å². The van der Waals surface area contributed by atoms with Crippen LogP contribution in [0.5, 0.6) is 0 Å². The Morgan fingerprint density at radius 2 is 1.83 bits per heavy atom. The first-order valence-electron chi connectivity index (χ1n) is 8.58. The normalized spacial score (nSPS) is 17.9. The highest BCUT2D eigenvalue weighted by Gasteiger charge is 2.29. The van der Waals surface area contributed by atoms with Gasteiger partial charge in [0.05, 0.1) is 11.7 Å². The Bertz CT molecular complexity index is 844. The van der Waals surface area contributed by atoms with Gasteiger partial charge in [0, 0.05) is 49.8 Å². The summed E-state index contributed by atoms with van der Waals surface area (Å²) in [5.74, 6) is 0. The Kier molecular flexibility index (Phi) is 3.77. The van der Waals surface area contributed by atoms with Crippen molar-refractivity contribution in [2.45, 2.75) is 33.0 Å². The van der Waals surface area contributed by atoms with E-state index in [1.807, 2.05) is 11.7 Å². The van der Waals surface area contributed by atoms with E-state index < -0.39 is 0 Å². The monoisotopic (exact) mass is 320 g/mol. The number of rotatable bonds is 3. The number of aromatic nitrogens is 3. The van der Waals surface area contributed by atoms with Gasteiger partial charge >= 0.3 is 0 Å². The molecule has 4 rings (SSSR count). The van der Waals surface area contributed by atoms with E-state index in [9.17, 15) is 0 Å². The van der Waals surface area contributed by atoms with Crippen molar-refractivity contribution in [3.05, 3.63) is 76.9 Å². The van der Waals surface area contributed by atoms with Crippen LogP contribution in [-0.4, -0.2) is 25.8 Å². The van der Waals surface area contributed by atoms with Crippen LogP contribution in [0.3, 0.4) is 0 Å². The van der Waals surface area contributed by atoms with Gasteiger partial charge in [-0.3, -0.25) is 9.58 Å². The molecule has 0 radical (unpaired) electrons. The maximum Gasteiger partial charge on any atom is 0.0759 e. The molecule has 0 amide bonds. The van der Waals surface area contributed by atoms with Gasteiger partial charge in [-0.25, -0.2) is 0 Å². The van der Waals surface area contributed by atoms with Gasteiger partial charge in [-0.2, -0.15) is 5.10 Å². The van der Waals surface area contributed by atoms with Crippen LogP contribution in [0.25, 0.3) is 0 Å². The minimum Gasteiger partial charge on any atom is -0.348 e. The van der Waals surface area contributed by atoms with Crippen molar-refractivity contribution >= 4 is 0 Å². The Morgan fingerprint density at radius 3 is 2.54 bits per heavy atom. The molecule has 0 bridgehead atoms. The highest BCUT2D eigenvalue weighted by atomic mass is 15.3. The van der Waals surface area contributed by atoms with Crippen LogP contribution in [0.1, 0.15) is 34.3 Å². The molecule has 0 saturated carbocycles. The first-order valence-corrected chi connectivity index (χ1v) is 8.58. The molecule has 3 aromatic rings. The standard InChI is InChI=1S/C20H24N4/c1-15-18(16(2)22(3)21-15)14-24-13-12-23-11-7-10-19(23)20(24)17-8-5-4-6-9-17/h4-11,20H,12-14H2,1-3H3/t20-/m1/s1. The molecule has 1 aliphatic rings. The molecule has 4 nitrogen and oxygen atoms in total. The topological polar surface area (TPSA) is 26.0 Å². The van der Waals surface area contributed by atoms with Crippen molar-refractivity contribution < 1.29 is 0 Å². The van der Waals surface area contributed by atoms with Crippen molar-refractivity contribution in [2.75, 3.05) is 6.54 Å². The Labute approximate surface area is 143 Å². The fourth-order valence-corrected chi connectivity index (χ4v) is 3.87. The Morgan fingerprint density at radius 1 is 1.04 bits per heavy atom. The number of hydrogen-bond donors (Lipinski definition) is 0. The third-order valence-electron chi connectivity index (χ3n) is 5.27. The smallest absolute Gasteiger partial charge is 0.0759 e. The number of benzene rings is 1. The zero-order chi connectivity index (χ0) is 16.7. The zero-order valence-corrected chi connectivity index (χ0v) is 14.6. The van der Waals surface area contributed by atoms with Gasteiger partial charge in [-0.1, -0.05) is 30.3 Å². The molecule has 0 aliphatic carbocycles. The van der Waals surface area contributed by atoms with Crippen LogP contribution >= 0.6 is 0 Å². The van der Waals surface area contributed by atoms with E-state index in [1.54, 1.807) is 0 Å². The quantitative estimate of drug-likeness (QED) is 0.739. The molecule has 1 atom stereocenters. The zero-order valence-electron chi connectivity index (χ0n) is 14.6. The molecule has 4 heteroatoms. The molecule has 1 aliphatic heterocycles. The van der Waals surface area contributed by atoms with Crippen LogP contribution < -0.4 is 0 Å². The van der Waals surface area contributed by atoms with Crippen LogP contribution in [0.2, 0.25) is 0 Å². The molecule has 0 saturated heterocycles. The molecule has 1 aromatic carbocycles. The summed E-state index contributed by atoms with van der Waals surface area (Å²) in [6, 6.07) is 15.6. The third kappa shape index (κ3) is 2.47. The molecule has 124 valence electrons. The fraction of sp³-hybridized carbons (Fsp3) is 0.350.